The van der Waals surface area contributed by atoms with Crippen LogP contribution in [0.3, 0.4) is 0 Å². The number of amides is 2. The average molecular weight is 946 g/mol. The van der Waals surface area contributed by atoms with E-state index >= 15 is 4.79 Å². The Labute approximate surface area is 385 Å². The average Bonchev–Trinajstić information content (AvgIpc) is 4.08. The topological polar surface area (TPSA) is 335 Å². The van der Waals surface area contributed by atoms with Gasteiger partial charge in [0.2, 0.25) is 12.0 Å². The van der Waals surface area contributed by atoms with Crippen molar-refractivity contribution in [1.82, 2.24) is 5.32 Å². The maximum Gasteiger partial charge on any atom is 0.408 e. The SMILES string of the molecule is CC(=O)O[C@@]12OO[C@@H]1C[C@H](O)[C@@]1(C)C(=O)[C@H](O)C3=C(C)[C@@H](OC(=O)[C@H](OC(=O)COC(=O)C[C@H](N)C(N)=O)[C@@H](NC(=O)OC(C)(C)C)C4CC4)CC(O)([C@@H](OC(=O)c4ccccc4)[C@H]21)C3(C)C. The van der Waals surface area contributed by atoms with Crippen molar-refractivity contribution in [3.63, 3.8) is 0 Å². The molecule has 4 fully saturated rings. The molecule has 1 saturated heterocycles. The summed E-state index contributed by atoms with van der Waals surface area (Å²) in [7, 11) is 0. The molecular formula is C45H59N3O19. The molecule has 368 valence electrons. The van der Waals surface area contributed by atoms with E-state index in [1.54, 1.807) is 39.0 Å². The lowest BCUT2D eigenvalue weighted by atomic mass is 9.46. The van der Waals surface area contributed by atoms with Gasteiger partial charge in [-0.3, -0.25) is 19.2 Å². The van der Waals surface area contributed by atoms with Crippen molar-refractivity contribution in [3.8, 4) is 0 Å². The number of rotatable bonds is 14. The first-order chi connectivity index (χ1) is 31.1. The van der Waals surface area contributed by atoms with Crippen molar-refractivity contribution < 1.29 is 91.9 Å². The molecule has 0 radical (unpaired) electrons. The number of aliphatic hydroxyl groups excluding tert-OH is 2. The summed E-state index contributed by atoms with van der Waals surface area (Å²) in [6, 6.07) is 4.80. The predicted molar refractivity (Wildman–Crippen MR) is 224 cm³/mol. The predicted octanol–water partition coefficient (Wildman–Crippen LogP) is 0.483. The van der Waals surface area contributed by atoms with Gasteiger partial charge in [0.05, 0.1) is 41.5 Å². The molecule has 1 unspecified atom stereocenters. The Morgan fingerprint density at radius 2 is 1.63 bits per heavy atom. The molecule has 2 amide bonds. The molecule has 8 N–H and O–H groups in total. The van der Waals surface area contributed by atoms with E-state index in [4.69, 9.17) is 49.7 Å². The number of primary amides is 1. The van der Waals surface area contributed by atoms with Crippen molar-refractivity contribution in [2.75, 3.05) is 6.61 Å². The quantitative estimate of drug-likeness (QED) is 0.0639. The smallest absolute Gasteiger partial charge is 0.408 e. The zero-order valence-corrected chi connectivity index (χ0v) is 38.4. The van der Waals surface area contributed by atoms with Gasteiger partial charge in [-0.2, -0.15) is 4.89 Å². The molecule has 2 bridgehead atoms. The van der Waals surface area contributed by atoms with E-state index in [0.717, 1.165) is 6.92 Å². The molecule has 1 aliphatic heterocycles. The minimum absolute atomic E-state index is 0.0142. The van der Waals surface area contributed by atoms with Crippen LogP contribution in [0.5, 0.6) is 0 Å². The summed E-state index contributed by atoms with van der Waals surface area (Å²) in [5.41, 5.74) is 2.91. The molecular weight excluding hydrogens is 886 g/mol. The summed E-state index contributed by atoms with van der Waals surface area (Å²) < 4.78 is 34.1. The second kappa shape index (κ2) is 18.5. The highest BCUT2D eigenvalue weighted by Crippen LogP contribution is 2.64. The number of hydrogen-bond acceptors (Lipinski definition) is 20. The van der Waals surface area contributed by atoms with Gasteiger partial charge < -0.3 is 60.5 Å². The van der Waals surface area contributed by atoms with E-state index in [1.807, 2.05) is 0 Å². The van der Waals surface area contributed by atoms with Crippen LogP contribution in [0.1, 0.15) is 97.9 Å². The number of aliphatic hydroxyl groups is 3. The maximum absolute atomic E-state index is 15.1. The van der Waals surface area contributed by atoms with Crippen molar-refractivity contribution in [1.29, 1.82) is 0 Å². The Morgan fingerprint density at radius 1 is 0.985 bits per heavy atom. The van der Waals surface area contributed by atoms with Gasteiger partial charge in [-0.15, -0.1) is 0 Å². The van der Waals surface area contributed by atoms with Crippen LogP contribution in [0.15, 0.2) is 41.5 Å². The largest absolute Gasteiger partial charge is 0.455 e. The summed E-state index contributed by atoms with van der Waals surface area (Å²) in [5.74, 6) is -12.4. The highest BCUT2D eigenvalue weighted by molar-refractivity contribution is 5.94. The summed E-state index contributed by atoms with van der Waals surface area (Å²) in [5, 5.41) is 40.3. The number of benzene rings is 1. The molecule has 3 saturated carbocycles. The first-order valence-electron chi connectivity index (χ1n) is 21.8. The molecule has 1 heterocycles. The zero-order valence-electron chi connectivity index (χ0n) is 38.4. The lowest BCUT2D eigenvalue weighted by molar-refractivity contribution is -0.595. The Balaban J connectivity index is 1.45. The molecule has 1 aromatic carbocycles. The van der Waals surface area contributed by atoms with E-state index in [2.05, 4.69) is 5.32 Å². The molecule has 4 aliphatic carbocycles. The van der Waals surface area contributed by atoms with E-state index in [-0.39, 0.29) is 23.1 Å². The minimum Gasteiger partial charge on any atom is -0.455 e. The Hall–Kier alpha value is -5.52. The number of carbonyl (C=O) groups is 8. The molecule has 22 nitrogen and oxygen atoms in total. The van der Waals surface area contributed by atoms with Gasteiger partial charge in [0.25, 0.3) is 5.79 Å². The van der Waals surface area contributed by atoms with E-state index < -0.39 is 155 Å². The number of alkyl carbamates (subject to hydrolysis) is 1. The maximum atomic E-state index is 15.1. The zero-order chi connectivity index (χ0) is 49.8. The van der Waals surface area contributed by atoms with Crippen LogP contribution < -0.4 is 16.8 Å². The van der Waals surface area contributed by atoms with Crippen molar-refractivity contribution in [2.24, 2.45) is 34.1 Å². The fourth-order valence-corrected chi connectivity index (χ4v) is 9.80. The number of nitrogens with one attached hydrogen (secondary N) is 1. The van der Waals surface area contributed by atoms with Gasteiger partial charge in [0.15, 0.2) is 18.5 Å². The fourth-order valence-electron chi connectivity index (χ4n) is 9.80. The molecule has 22 heteroatoms. The number of hydrogen-bond donors (Lipinski definition) is 6. The highest BCUT2D eigenvalue weighted by Gasteiger charge is 2.80. The van der Waals surface area contributed by atoms with Crippen molar-refractivity contribution in [2.45, 2.75) is 153 Å². The number of ketones is 1. The lowest BCUT2D eigenvalue weighted by Gasteiger charge is -2.65. The molecule has 6 rings (SSSR count). The molecule has 0 aromatic heterocycles. The van der Waals surface area contributed by atoms with Gasteiger partial charge in [-0.05, 0) is 76.7 Å². The van der Waals surface area contributed by atoms with Gasteiger partial charge in [-0.25, -0.2) is 24.1 Å². The van der Waals surface area contributed by atoms with Crippen LogP contribution >= 0.6 is 0 Å². The minimum atomic E-state index is -2.55. The van der Waals surface area contributed by atoms with Crippen molar-refractivity contribution in [3.05, 3.63) is 47.0 Å². The monoisotopic (exact) mass is 945 g/mol. The lowest BCUT2D eigenvalue weighted by Crippen LogP contribution is -2.81. The van der Waals surface area contributed by atoms with Crippen LogP contribution in [-0.4, -0.2) is 135 Å². The van der Waals surface area contributed by atoms with E-state index in [1.165, 1.54) is 39.8 Å². The van der Waals surface area contributed by atoms with Crippen LogP contribution in [-0.2, 0) is 67.0 Å². The number of Topliss-reactive ketones (excluding diaryl/α,β-unsaturated/α-hetero) is 1. The fraction of sp³-hybridized carbons (Fsp3) is 0.644. The third-order valence-electron chi connectivity index (χ3n) is 13.5. The van der Waals surface area contributed by atoms with Gasteiger partial charge in [0.1, 0.15) is 29.5 Å². The molecule has 5 aliphatic rings. The summed E-state index contributed by atoms with van der Waals surface area (Å²) in [6.45, 7) is 10.3. The van der Waals surface area contributed by atoms with Gasteiger partial charge >= 0.3 is 35.9 Å². The second-order valence-electron chi connectivity index (χ2n) is 19.5. The van der Waals surface area contributed by atoms with Gasteiger partial charge in [-0.1, -0.05) is 32.0 Å². The van der Waals surface area contributed by atoms with E-state index in [9.17, 15) is 48.9 Å². The molecule has 12 atom stereocenters. The van der Waals surface area contributed by atoms with Crippen LogP contribution in [0.4, 0.5) is 4.79 Å². The second-order valence-corrected chi connectivity index (χ2v) is 19.5. The van der Waals surface area contributed by atoms with Crippen LogP contribution in [0.25, 0.3) is 0 Å². The molecule has 67 heavy (non-hydrogen) atoms. The highest BCUT2D eigenvalue weighted by atomic mass is 17.3. The first-order valence-corrected chi connectivity index (χ1v) is 21.8. The third-order valence-corrected chi connectivity index (χ3v) is 13.5. The summed E-state index contributed by atoms with van der Waals surface area (Å²) in [4.78, 5) is 118. The number of carbonyl (C=O) groups excluding carboxylic acids is 8. The summed E-state index contributed by atoms with van der Waals surface area (Å²) >= 11 is 0. The Morgan fingerprint density at radius 3 is 2.18 bits per heavy atom. The number of nitrogens with two attached hydrogens (primary N) is 2. The number of ether oxygens (including phenoxy) is 6. The normalized spacial score (nSPS) is 32.1. The Kier molecular flexibility index (Phi) is 14.1. The number of fused-ring (bicyclic) bond motifs is 5. The third kappa shape index (κ3) is 9.64. The van der Waals surface area contributed by atoms with Crippen LogP contribution in [0.2, 0.25) is 0 Å². The first kappa shape index (κ1) is 50.9. The van der Waals surface area contributed by atoms with Crippen molar-refractivity contribution >= 4 is 47.6 Å². The summed E-state index contributed by atoms with van der Waals surface area (Å²) in [6.07, 6.45) is -12.6. The number of esters is 5. The standard InChI is InChI=1S/C45H59N3O19/c1-20-25(61-39(57)33(31(22-14-15-22)48-40(58)65-41(3,4)5)62-29(52)19-60-28(51)16-24(46)37(47)55)18-44(59)36(63-38(56)23-12-10-9-11-13-23)34-43(8,35(54)32(53)30(20)42(44,6)7)26(50)17-27-45(34,67-66-27)64-21(2)49/h9-13,22,24-27,31-34,36,50,53,59H,14-19,46H2,1-8H3,(H2,47,55)(H,48,58)/t24-,25-,26-,27+,31-,32+,33+,34-,36-,43+,44?,45+/m0/s1. The molecule has 0 spiro atoms. The van der Waals surface area contributed by atoms with Crippen LogP contribution in [0, 0.1) is 22.7 Å². The van der Waals surface area contributed by atoms with Gasteiger partial charge in [0, 0.05) is 25.2 Å². The molecule has 1 aromatic rings. The van der Waals surface area contributed by atoms with E-state index in [0.29, 0.717) is 12.8 Å². The Bertz CT molecular complexity index is 2200.